The van der Waals surface area contributed by atoms with Crippen LogP contribution in [0.4, 0.5) is 4.39 Å². The van der Waals surface area contributed by atoms with Gasteiger partial charge in [-0.2, -0.15) is 0 Å². The molecule has 2 rings (SSSR count). The summed E-state index contributed by atoms with van der Waals surface area (Å²) < 4.78 is 14.4. The van der Waals surface area contributed by atoms with Gasteiger partial charge < -0.3 is 0 Å². The minimum Gasteiger partial charge on any atom is -0.207 e. The highest BCUT2D eigenvalue weighted by atomic mass is 19.1. The minimum atomic E-state index is -0.0749. The molecule has 0 saturated heterocycles. The van der Waals surface area contributed by atoms with Crippen molar-refractivity contribution in [3.05, 3.63) is 76.9 Å². The van der Waals surface area contributed by atoms with E-state index in [2.05, 4.69) is 50.2 Å². The smallest absolute Gasteiger partial charge is 0.126 e. The molecule has 0 atom stereocenters. The van der Waals surface area contributed by atoms with Crippen LogP contribution in [0, 0.1) is 0 Å². The van der Waals surface area contributed by atoms with Crippen LogP contribution in [-0.2, 0) is 19.3 Å². The van der Waals surface area contributed by atoms with Crippen molar-refractivity contribution in [1.82, 2.24) is 0 Å². The molecule has 1 heteroatoms. The monoisotopic (exact) mass is 464 g/mol. The fourth-order valence-electron chi connectivity index (χ4n) is 4.55. The van der Waals surface area contributed by atoms with Crippen molar-refractivity contribution < 1.29 is 4.39 Å². The quantitative estimate of drug-likeness (QED) is 0.181. The van der Waals surface area contributed by atoms with Crippen molar-refractivity contribution in [3.63, 3.8) is 0 Å². The molecule has 188 valence electrons. The lowest BCUT2D eigenvalue weighted by molar-refractivity contribution is 0.575. The molecule has 0 spiro atoms. The highest BCUT2D eigenvalue weighted by Gasteiger charge is 2.02. The second kappa shape index (κ2) is 18.4. The zero-order chi connectivity index (χ0) is 24.3. The topological polar surface area (TPSA) is 0 Å². The summed E-state index contributed by atoms with van der Waals surface area (Å²) in [6.45, 7) is 4.50. The first-order valence-electron chi connectivity index (χ1n) is 14.3. The van der Waals surface area contributed by atoms with Crippen LogP contribution < -0.4 is 0 Å². The van der Waals surface area contributed by atoms with Gasteiger partial charge in [0.15, 0.2) is 0 Å². The van der Waals surface area contributed by atoms with Crippen LogP contribution in [0.25, 0.3) is 5.83 Å². The summed E-state index contributed by atoms with van der Waals surface area (Å²) in [6.07, 6.45) is 23.0. The van der Waals surface area contributed by atoms with E-state index in [0.29, 0.717) is 5.56 Å². The van der Waals surface area contributed by atoms with Gasteiger partial charge in [-0.15, -0.1) is 0 Å². The average molecular weight is 465 g/mol. The van der Waals surface area contributed by atoms with Crippen LogP contribution in [0.15, 0.2) is 54.6 Å². The minimum absolute atomic E-state index is 0.0749. The largest absolute Gasteiger partial charge is 0.207 e. The van der Waals surface area contributed by atoms with E-state index in [-0.39, 0.29) is 5.83 Å². The summed E-state index contributed by atoms with van der Waals surface area (Å²) in [5.74, 6) is -0.0749. The van der Waals surface area contributed by atoms with Crippen molar-refractivity contribution in [2.45, 2.75) is 123 Å². The Kier molecular flexibility index (Phi) is 15.4. The molecular weight excluding hydrogens is 415 g/mol. The molecule has 2 aromatic carbocycles. The molecule has 0 nitrogen and oxygen atoms in total. The van der Waals surface area contributed by atoms with Crippen LogP contribution in [0.3, 0.4) is 0 Å². The van der Waals surface area contributed by atoms with Gasteiger partial charge in [0.2, 0.25) is 0 Å². The summed E-state index contributed by atoms with van der Waals surface area (Å²) >= 11 is 0. The van der Waals surface area contributed by atoms with Gasteiger partial charge in [0.25, 0.3) is 0 Å². The third-order valence-electron chi connectivity index (χ3n) is 6.91. The van der Waals surface area contributed by atoms with Crippen molar-refractivity contribution in [3.8, 4) is 0 Å². The lowest BCUT2D eigenvalue weighted by Crippen LogP contribution is -1.93. The number of unbranched alkanes of at least 4 members (excludes halogenated alkanes) is 12. The predicted molar refractivity (Wildman–Crippen MR) is 149 cm³/mol. The first-order valence-corrected chi connectivity index (χ1v) is 14.3. The zero-order valence-electron chi connectivity index (χ0n) is 22.1. The van der Waals surface area contributed by atoms with E-state index in [4.69, 9.17) is 0 Å². The Hall–Kier alpha value is -1.89. The summed E-state index contributed by atoms with van der Waals surface area (Å²) in [7, 11) is 0. The van der Waals surface area contributed by atoms with Crippen molar-refractivity contribution >= 4 is 5.83 Å². The number of allylic oxidation sites excluding steroid dienone is 1. The molecule has 0 heterocycles. The van der Waals surface area contributed by atoms with Gasteiger partial charge in [-0.05, 0) is 61.3 Å². The molecule has 2 aromatic rings. The highest BCUT2D eigenvalue weighted by molar-refractivity contribution is 5.59. The Morgan fingerprint density at radius 2 is 0.941 bits per heavy atom. The molecule has 0 bridgehead atoms. The van der Waals surface area contributed by atoms with Crippen LogP contribution in [-0.4, -0.2) is 0 Å². The SMILES string of the molecule is CCCCCCCC=C(F)c1ccc(CCc2ccc(CCCCCCCCCC)cc2)cc1. The summed E-state index contributed by atoms with van der Waals surface area (Å²) in [6, 6.07) is 17.2. The third kappa shape index (κ3) is 12.5. The average Bonchev–Trinajstić information content (AvgIpc) is 2.87. The fourth-order valence-corrected chi connectivity index (χ4v) is 4.55. The normalized spacial score (nSPS) is 11.8. The fraction of sp³-hybridized carbons (Fsp3) is 0.576. The van der Waals surface area contributed by atoms with E-state index in [1.54, 1.807) is 6.08 Å². The lowest BCUT2D eigenvalue weighted by atomic mass is 10.00. The summed E-state index contributed by atoms with van der Waals surface area (Å²) in [5, 5.41) is 0. The molecular formula is C33H49F. The van der Waals surface area contributed by atoms with Gasteiger partial charge in [0.05, 0.1) is 0 Å². The molecule has 0 N–H and O–H groups in total. The van der Waals surface area contributed by atoms with E-state index in [1.165, 1.54) is 100 Å². The van der Waals surface area contributed by atoms with Gasteiger partial charge >= 0.3 is 0 Å². The summed E-state index contributed by atoms with van der Waals surface area (Å²) in [5.41, 5.74) is 4.84. The Balaban J connectivity index is 1.64. The van der Waals surface area contributed by atoms with Crippen LogP contribution in [0.5, 0.6) is 0 Å². The molecule has 0 aromatic heterocycles. The van der Waals surface area contributed by atoms with Gasteiger partial charge in [-0.3, -0.25) is 0 Å². The zero-order valence-corrected chi connectivity index (χ0v) is 22.1. The van der Waals surface area contributed by atoms with Crippen LogP contribution >= 0.6 is 0 Å². The van der Waals surface area contributed by atoms with Gasteiger partial charge in [-0.25, -0.2) is 4.39 Å². The first-order chi connectivity index (χ1) is 16.7. The molecule has 0 unspecified atom stereocenters. The Bertz CT molecular complexity index is 769. The van der Waals surface area contributed by atoms with E-state index in [9.17, 15) is 4.39 Å². The predicted octanol–water partition coefficient (Wildman–Crippen LogP) is 10.8. The third-order valence-corrected chi connectivity index (χ3v) is 6.91. The molecule has 0 saturated carbocycles. The highest BCUT2D eigenvalue weighted by Crippen LogP contribution is 2.20. The molecule has 34 heavy (non-hydrogen) atoms. The number of rotatable bonds is 19. The second-order valence-corrected chi connectivity index (χ2v) is 9.99. The Morgan fingerprint density at radius 1 is 0.529 bits per heavy atom. The molecule has 0 aliphatic rings. The maximum absolute atomic E-state index is 14.4. The molecule has 0 amide bonds. The van der Waals surface area contributed by atoms with E-state index in [0.717, 1.165) is 25.7 Å². The first kappa shape index (κ1) is 28.3. The molecule has 0 aliphatic carbocycles. The summed E-state index contributed by atoms with van der Waals surface area (Å²) in [4.78, 5) is 0. The molecule has 0 fully saturated rings. The maximum Gasteiger partial charge on any atom is 0.126 e. The van der Waals surface area contributed by atoms with Crippen LogP contribution in [0.1, 0.15) is 126 Å². The molecule has 0 aliphatic heterocycles. The van der Waals surface area contributed by atoms with Gasteiger partial charge in [0.1, 0.15) is 5.83 Å². The molecule has 0 radical (unpaired) electrons. The number of hydrogen-bond donors (Lipinski definition) is 0. The van der Waals surface area contributed by atoms with Crippen molar-refractivity contribution in [1.29, 1.82) is 0 Å². The maximum atomic E-state index is 14.4. The Morgan fingerprint density at radius 3 is 1.47 bits per heavy atom. The van der Waals surface area contributed by atoms with Gasteiger partial charge in [0, 0.05) is 5.56 Å². The van der Waals surface area contributed by atoms with E-state index >= 15 is 0 Å². The number of halogens is 1. The Labute approximate surface area is 210 Å². The van der Waals surface area contributed by atoms with E-state index in [1.807, 2.05) is 12.1 Å². The van der Waals surface area contributed by atoms with Crippen molar-refractivity contribution in [2.75, 3.05) is 0 Å². The second-order valence-electron chi connectivity index (χ2n) is 9.99. The van der Waals surface area contributed by atoms with Crippen molar-refractivity contribution in [2.24, 2.45) is 0 Å². The number of benzene rings is 2. The van der Waals surface area contributed by atoms with Gasteiger partial charge in [-0.1, -0.05) is 133 Å². The standard InChI is InChI=1S/C33H49F/c1-3-5-7-9-11-12-13-15-17-29-19-21-30(22-20-29)23-24-31-25-27-32(28-26-31)33(34)18-16-14-10-8-6-4-2/h18-22,25-28H,3-17,23-24H2,1-2H3. The lowest BCUT2D eigenvalue weighted by Gasteiger charge is -2.06. The number of aryl methyl sites for hydroxylation is 3. The van der Waals surface area contributed by atoms with E-state index < -0.39 is 0 Å². The number of hydrogen-bond acceptors (Lipinski definition) is 0. The van der Waals surface area contributed by atoms with Crippen LogP contribution in [0.2, 0.25) is 0 Å².